The summed E-state index contributed by atoms with van der Waals surface area (Å²) < 4.78 is 5.23. The van der Waals surface area contributed by atoms with E-state index in [0.717, 1.165) is 29.7 Å². The van der Waals surface area contributed by atoms with Gasteiger partial charge in [0.05, 0.1) is 12.6 Å². The van der Waals surface area contributed by atoms with E-state index in [-0.39, 0.29) is 12.4 Å². The summed E-state index contributed by atoms with van der Waals surface area (Å²) in [5.41, 5.74) is 8.00. The Balaban J connectivity index is 0.00000133. The number of nitrogens with two attached hydrogens (primary N) is 1. The Morgan fingerprint density at radius 2 is 1.95 bits per heavy atom. The Bertz CT molecular complexity index is 582. The van der Waals surface area contributed by atoms with Crippen LogP contribution < -0.4 is 15.4 Å². The molecule has 0 amide bonds. The molecule has 2 heterocycles. The van der Waals surface area contributed by atoms with Gasteiger partial charge in [-0.05, 0) is 25.0 Å². The van der Waals surface area contributed by atoms with Crippen LogP contribution in [0.3, 0.4) is 0 Å². The second-order valence-electron chi connectivity index (χ2n) is 4.64. The van der Waals surface area contributed by atoms with Gasteiger partial charge in [0.15, 0.2) is 0 Å². The first kappa shape index (κ1) is 13.7. The van der Waals surface area contributed by atoms with Gasteiger partial charge in [-0.2, -0.15) is 0 Å². The molecule has 1 aliphatic heterocycles. The number of nitrogens with zero attached hydrogens (tertiary/aromatic N) is 2. The smallest absolute Gasteiger partial charge is 0.126 e. The number of methoxy groups -OCH3 is 1. The summed E-state index contributed by atoms with van der Waals surface area (Å²) in [6.45, 7) is 2.20. The van der Waals surface area contributed by atoms with E-state index in [4.69, 9.17) is 10.5 Å². The Morgan fingerprint density at radius 1 is 1.21 bits per heavy atom. The molecule has 0 unspecified atom stereocenters. The molecular weight excluding hydrogens is 262 g/mol. The van der Waals surface area contributed by atoms with Gasteiger partial charge in [0.1, 0.15) is 11.6 Å². The van der Waals surface area contributed by atoms with Crippen molar-refractivity contribution in [1.29, 1.82) is 0 Å². The first-order chi connectivity index (χ1) is 8.78. The molecule has 0 bridgehead atoms. The summed E-state index contributed by atoms with van der Waals surface area (Å²) in [7, 11) is 1.66. The molecule has 1 fully saturated rings. The van der Waals surface area contributed by atoms with Gasteiger partial charge in [-0.1, -0.05) is 0 Å². The molecule has 1 aromatic carbocycles. The molecule has 19 heavy (non-hydrogen) atoms. The second-order valence-corrected chi connectivity index (χ2v) is 4.64. The number of nitrogen functional groups attached to an aromatic ring is 1. The Kier molecular flexibility index (Phi) is 4.00. The average Bonchev–Trinajstić information content (AvgIpc) is 2.90. The molecule has 2 aromatic rings. The Labute approximate surface area is 119 Å². The number of rotatable bonds is 2. The van der Waals surface area contributed by atoms with E-state index >= 15 is 0 Å². The van der Waals surface area contributed by atoms with Crippen LogP contribution >= 0.6 is 12.4 Å². The molecule has 0 aliphatic carbocycles. The van der Waals surface area contributed by atoms with Crippen LogP contribution in [0.15, 0.2) is 24.3 Å². The lowest BCUT2D eigenvalue weighted by Gasteiger charge is -2.20. The molecule has 0 spiro atoms. The van der Waals surface area contributed by atoms with Crippen LogP contribution in [0.2, 0.25) is 0 Å². The summed E-state index contributed by atoms with van der Waals surface area (Å²) in [4.78, 5) is 6.77. The molecule has 0 radical (unpaired) electrons. The quantitative estimate of drug-likeness (QED) is 0.918. The maximum atomic E-state index is 5.91. The highest BCUT2D eigenvalue weighted by Gasteiger charge is 2.16. The number of hydrogen-bond acceptors (Lipinski definition) is 4. The number of ether oxygens (including phenoxy) is 1. The van der Waals surface area contributed by atoms with Crippen LogP contribution in [0, 0.1) is 0 Å². The van der Waals surface area contributed by atoms with Gasteiger partial charge < -0.3 is 15.4 Å². The fourth-order valence-electron chi connectivity index (χ4n) is 2.56. The summed E-state index contributed by atoms with van der Waals surface area (Å²) >= 11 is 0. The lowest BCUT2D eigenvalue weighted by atomic mass is 10.1. The van der Waals surface area contributed by atoms with Crippen molar-refractivity contribution in [3.05, 3.63) is 24.3 Å². The number of halogens is 1. The summed E-state index contributed by atoms with van der Waals surface area (Å²) in [5.74, 6) is 1.38. The summed E-state index contributed by atoms with van der Waals surface area (Å²) in [6.07, 6.45) is 2.50. The minimum absolute atomic E-state index is 0. The number of hydrogen-bond donors (Lipinski definition) is 1. The van der Waals surface area contributed by atoms with Crippen molar-refractivity contribution in [3.8, 4) is 5.75 Å². The van der Waals surface area contributed by atoms with Gasteiger partial charge in [-0.3, -0.25) is 0 Å². The van der Waals surface area contributed by atoms with Crippen LogP contribution in [-0.2, 0) is 0 Å². The topological polar surface area (TPSA) is 51.4 Å². The van der Waals surface area contributed by atoms with E-state index in [1.165, 1.54) is 18.5 Å². The molecule has 1 saturated heterocycles. The molecule has 1 aromatic heterocycles. The third kappa shape index (κ3) is 2.54. The normalized spacial score (nSPS) is 14.5. The van der Waals surface area contributed by atoms with Gasteiger partial charge in [0, 0.05) is 36.3 Å². The molecule has 102 valence electrons. The van der Waals surface area contributed by atoms with Gasteiger partial charge in [-0.15, -0.1) is 12.4 Å². The van der Waals surface area contributed by atoms with E-state index in [0.29, 0.717) is 5.82 Å². The molecule has 1 aliphatic rings. The Morgan fingerprint density at radius 3 is 2.63 bits per heavy atom. The van der Waals surface area contributed by atoms with Crippen molar-refractivity contribution in [2.45, 2.75) is 12.8 Å². The molecular formula is C14H18ClN3O. The third-order valence-electron chi connectivity index (χ3n) is 3.46. The lowest BCUT2D eigenvalue weighted by Crippen LogP contribution is -2.18. The number of anilines is 2. The number of fused-ring (bicyclic) bond motifs is 1. The van der Waals surface area contributed by atoms with E-state index in [1.54, 1.807) is 7.11 Å². The van der Waals surface area contributed by atoms with Crippen molar-refractivity contribution < 1.29 is 4.74 Å². The minimum atomic E-state index is 0. The van der Waals surface area contributed by atoms with Crippen LogP contribution in [0.25, 0.3) is 10.9 Å². The molecule has 2 N–H and O–H groups in total. The van der Waals surface area contributed by atoms with Crippen molar-refractivity contribution in [1.82, 2.24) is 4.98 Å². The summed E-state index contributed by atoms with van der Waals surface area (Å²) in [5, 5.41) is 1.15. The fourth-order valence-corrected chi connectivity index (χ4v) is 2.56. The average molecular weight is 280 g/mol. The maximum Gasteiger partial charge on any atom is 0.126 e. The van der Waals surface area contributed by atoms with E-state index in [2.05, 4.69) is 16.0 Å². The first-order valence-corrected chi connectivity index (χ1v) is 6.27. The SMILES string of the molecule is COc1ccc2c(N3CCCC3)cc(N)nc2c1.Cl. The molecule has 5 heteroatoms. The highest BCUT2D eigenvalue weighted by atomic mass is 35.5. The van der Waals surface area contributed by atoms with Crippen LogP contribution in [0.5, 0.6) is 5.75 Å². The van der Waals surface area contributed by atoms with Crippen molar-refractivity contribution in [3.63, 3.8) is 0 Å². The van der Waals surface area contributed by atoms with Crippen molar-refractivity contribution >= 4 is 34.8 Å². The predicted octanol–water partition coefficient (Wildman–Crippen LogP) is 2.85. The van der Waals surface area contributed by atoms with Crippen molar-refractivity contribution in [2.24, 2.45) is 0 Å². The number of benzene rings is 1. The molecule has 3 rings (SSSR count). The van der Waals surface area contributed by atoms with E-state index in [9.17, 15) is 0 Å². The van der Waals surface area contributed by atoms with E-state index < -0.39 is 0 Å². The van der Waals surface area contributed by atoms with Gasteiger partial charge in [-0.25, -0.2) is 4.98 Å². The van der Waals surface area contributed by atoms with Gasteiger partial charge in [0.25, 0.3) is 0 Å². The van der Waals surface area contributed by atoms with Gasteiger partial charge in [0.2, 0.25) is 0 Å². The maximum absolute atomic E-state index is 5.91. The third-order valence-corrected chi connectivity index (χ3v) is 3.46. The standard InChI is InChI=1S/C14H17N3O.ClH/c1-18-10-4-5-11-12(8-10)16-14(15)9-13(11)17-6-2-3-7-17;/h4-5,8-9H,2-3,6-7H2,1H3,(H2,15,16);1H. The highest BCUT2D eigenvalue weighted by Crippen LogP contribution is 2.32. The number of aromatic nitrogens is 1. The molecule has 4 nitrogen and oxygen atoms in total. The highest BCUT2D eigenvalue weighted by molar-refractivity contribution is 5.94. The Hall–Kier alpha value is -1.68. The second kappa shape index (κ2) is 5.53. The predicted molar refractivity (Wildman–Crippen MR) is 81.4 cm³/mol. The largest absolute Gasteiger partial charge is 0.497 e. The lowest BCUT2D eigenvalue weighted by molar-refractivity contribution is 0.415. The van der Waals surface area contributed by atoms with Crippen LogP contribution in [-0.4, -0.2) is 25.2 Å². The van der Waals surface area contributed by atoms with Gasteiger partial charge >= 0.3 is 0 Å². The summed E-state index contributed by atoms with van der Waals surface area (Å²) in [6, 6.07) is 7.94. The monoisotopic (exact) mass is 279 g/mol. The minimum Gasteiger partial charge on any atom is -0.497 e. The molecule has 0 saturated carbocycles. The van der Waals surface area contributed by atoms with E-state index in [1.807, 2.05) is 18.2 Å². The van der Waals surface area contributed by atoms with Crippen LogP contribution in [0.4, 0.5) is 11.5 Å². The van der Waals surface area contributed by atoms with Crippen molar-refractivity contribution in [2.75, 3.05) is 30.8 Å². The van der Waals surface area contributed by atoms with Crippen LogP contribution in [0.1, 0.15) is 12.8 Å². The zero-order valence-corrected chi connectivity index (χ0v) is 11.7. The first-order valence-electron chi connectivity index (χ1n) is 6.27. The number of pyridine rings is 1. The zero-order chi connectivity index (χ0) is 12.5. The fraction of sp³-hybridized carbons (Fsp3) is 0.357. The zero-order valence-electron chi connectivity index (χ0n) is 10.9. The molecule has 0 atom stereocenters.